The van der Waals surface area contributed by atoms with Crippen molar-refractivity contribution < 1.29 is 112 Å². The van der Waals surface area contributed by atoms with Crippen molar-refractivity contribution in [2.45, 2.75) is 203 Å². The fourth-order valence-corrected chi connectivity index (χ4v) is 12.7. The first-order chi connectivity index (χ1) is 46.5. The van der Waals surface area contributed by atoms with Crippen LogP contribution < -0.4 is 54.0 Å². The maximum absolute atomic E-state index is 14.5. The number of benzene rings is 1. The molecule has 18 N–H and O–H groups in total. The van der Waals surface area contributed by atoms with Crippen molar-refractivity contribution in [3.05, 3.63) is 35.4 Å². The number of amides is 10. The molecule has 2 bridgehead atoms. The summed E-state index contributed by atoms with van der Waals surface area (Å²) in [6.07, 6.45) is -9.15. The number of Topliss-reactive ketones (excluding diaryl/α,β-unsaturated/α-hetero) is 2. The number of likely N-dealkylation sites (tertiary alicyclic amines) is 1. The molecule has 4 rings (SSSR count). The highest BCUT2D eigenvalue weighted by Crippen LogP contribution is 2.25. The Kier molecular flexibility index (Phi) is 36.0. The number of carboxylic acid groups (broad SMARTS) is 5. The molecule has 0 spiro atoms. The molecule has 0 radical (unpaired) electrons. The van der Waals surface area contributed by atoms with Gasteiger partial charge in [0.25, 0.3) is 0 Å². The molecule has 550 valence electrons. The first kappa shape index (κ1) is 84.5. The molecule has 0 aromatic heterocycles. The summed E-state index contributed by atoms with van der Waals surface area (Å²) in [5, 5.41) is 78.6. The number of hydrogen-bond donors (Lipinski definition) is 16. The van der Waals surface area contributed by atoms with E-state index in [-0.39, 0.29) is 67.1 Å². The van der Waals surface area contributed by atoms with Gasteiger partial charge in [-0.1, -0.05) is 52.0 Å². The molecule has 1 aromatic carbocycles. The van der Waals surface area contributed by atoms with Crippen LogP contribution in [0.2, 0.25) is 0 Å². The highest BCUT2D eigenvalue weighted by molar-refractivity contribution is 7.98. The predicted octanol–water partition coefficient (Wildman–Crippen LogP) is -1.96. The second-order valence-electron chi connectivity index (χ2n) is 25.2. The molecule has 1 fully saturated rings. The van der Waals surface area contributed by atoms with Gasteiger partial charge in [0.05, 0.1) is 43.1 Å². The third kappa shape index (κ3) is 30.9. The van der Waals surface area contributed by atoms with Gasteiger partial charge in [-0.3, -0.25) is 76.7 Å². The number of thioether (sulfide) groups is 2. The lowest BCUT2D eigenvalue weighted by molar-refractivity contribution is -0.149. The quantitative estimate of drug-likeness (QED) is 0.0405. The zero-order valence-corrected chi connectivity index (χ0v) is 57.4. The van der Waals surface area contributed by atoms with Gasteiger partial charge in [-0.2, -0.15) is 23.5 Å². The third-order valence-corrected chi connectivity index (χ3v) is 18.2. The number of fused-ring (bicyclic) bond motifs is 29. The molecule has 3 aliphatic heterocycles. The number of nitrogens with two attached hydrogens (primary N) is 2. The first-order valence-electron chi connectivity index (χ1n) is 32.3. The van der Waals surface area contributed by atoms with E-state index in [1.807, 2.05) is 0 Å². The van der Waals surface area contributed by atoms with Crippen molar-refractivity contribution in [3.8, 4) is 0 Å². The highest BCUT2D eigenvalue weighted by atomic mass is 32.2. The van der Waals surface area contributed by atoms with E-state index in [1.165, 1.54) is 0 Å². The molecule has 1 saturated heterocycles. The summed E-state index contributed by atoms with van der Waals surface area (Å²) in [5.74, 6) is -23.6. The minimum Gasteiger partial charge on any atom is -0.481 e. The molecule has 0 aliphatic carbocycles. The zero-order chi connectivity index (χ0) is 74.4. The molecular weight excluding hydrogens is 1340 g/mol. The number of primary amides is 1. The molecule has 3 aliphatic rings. The van der Waals surface area contributed by atoms with Crippen molar-refractivity contribution in [1.29, 1.82) is 0 Å². The summed E-state index contributed by atoms with van der Waals surface area (Å²) >= 11 is 2.19. The van der Waals surface area contributed by atoms with Gasteiger partial charge in [0.2, 0.25) is 59.1 Å². The average Bonchev–Trinajstić information content (AvgIpc) is 1.78. The summed E-state index contributed by atoms with van der Waals surface area (Å²) in [5.41, 5.74) is 12.8. The minimum absolute atomic E-state index is 0.0286. The van der Waals surface area contributed by atoms with Crippen LogP contribution in [-0.4, -0.2) is 221 Å². The van der Waals surface area contributed by atoms with Gasteiger partial charge in [0.1, 0.15) is 36.3 Å². The van der Waals surface area contributed by atoms with Crippen molar-refractivity contribution in [1.82, 2.24) is 47.4 Å². The number of rotatable bonds is 28. The Morgan fingerprint density at radius 3 is 1.70 bits per heavy atom. The second kappa shape index (κ2) is 42.2. The van der Waals surface area contributed by atoms with Crippen molar-refractivity contribution in [3.63, 3.8) is 0 Å². The van der Waals surface area contributed by atoms with Crippen molar-refractivity contribution in [2.75, 3.05) is 24.6 Å². The molecule has 3 heterocycles. The number of nitrogens with zero attached hydrogens (tertiary/aromatic N) is 1. The van der Waals surface area contributed by atoms with Crippen LogP contribution in [0.1, 0.15) is 142 Å². The molecule has 1 aromatic rings. The van der Waals surface area contributed by atoms with Gasteiger partial charge < -0.3 is 89.5 Å². The first-order valence-corrected chi connectivity index (χ1v) is 34.6. The number of aliphatic carboxylic acids is 5. The van der Waals surface area contributed by atoms with Crippen molar-refractivity contribution >= 4 is 124 Å². The Balaban J connectivity index is 2.23. The number of carboxylic acids is 5. The van der Waals surface area contributed by atoms with Crippen LogP contribution in [0.4, 0.5) is 0 Å². The van der Waals surface area contributed by atoms with Crippen LogP contribution in [0.5, 0.6) is 0 Å². The van der Waals surface area contributed by atoms with E-state index in [0.29, 0.717) is 17.5 Å². The largest absolute Gasteiger partial charge is 0.481 e. The number of aliphatic hydroxyl groups excluding tert-OH is 1. The molecule has 0 unspecified atom stereocenters. The second-order valence-corrected chi connectivity index (χ2v) is 27.3. The van der Waals surface area contributed by atoms with E-state index in [2.05, 4.69) is 42.5 Å². The van der Waals surface area contributed by atoms with Crippen LogP contribution in [0, 0.1) is 23.7 Å². The summed E-state index contributed by atoms with van der Waals surface area (Å²) in [7, 11) is 0. The normalized spacial score (nSPS) is 22.8. The van der Waals surface area contributed by atoms with Crippen LogP contribution in [0.15, 0.2) is 24.3 Å². The van der Waals surface area contributed by atoms with E-state index < -0.39 is 244 Å². The topological polar surface area (TPSA) is 563 Å². The lowest BCUT2D eigenvalue weighted by Gasteiger charge is -2.30. The SMILES string of the molecule is CC(C)C[C@H](NC(=O)[C@@H]1CSCc2ccc(cc2)CSC[C@H](CC(=O)[C@H](CCC(N)=O)NC(=O)[C@@H](N)CC(C)C)C(=O)N[C@@H](CC(=O)O)C(=O)N[C@@H](CCC(=O)O)C(=O)C[C@@H](CCC(=O)O)C(=O)N[C@@H]([C@@H](C)O)C(=O)NCC(=O)N[C@@H](CCC(=O)O)C(=O)N1)C(=O)N1CCC[C@H]1C(=O)O. The summed E-state index contributed by atoms with van der Waals surface area (Å²) in [6, 6.07) is -7.51. The molecule has 12 atom stereocenters. The number of carbonyl (C=O) groups excluding carboxylic acids is 12. The van der Waals surface area contributed by atoms with Crippen LogP contribution >= 0.6 is 23.5 Å². The summed E-state index contributed by atoms with van der Waals surface area (Å²) < 4.78 is 0. The van der Waals surface area contributed by atoms with Crippen LogP contribution in [0.25, 0.3) is 0 Å². The van der Waals surface area contributed by atoms with E-state index in [1.54, 1.807) is 52.0 Å². The van der Waals surface area contributed by atoms with Gasteiger partial charge >= 0.3 is 29.8 Å². The van der Waals surface area contributed by atoms with E-state index >= 15 is 0 Å². The predicted molar refractivity (Wildman–Crippen MR) is 354 cm³/mol. The van der Waals surface area contributed by atoms with Crippen molar-refractivity contribution in [2.24, 2.45) is 35.1 Å². The van der Waals surface area contributed by atoms with Gasteiger partial charge in [-0.15, -0.1) is 0 Å². The summed E-state index contributed by atoms with van der Waals surface area (Å²) in [6.45, 7) is 7.16. The Morgan fingerprint density at radius 2 is 1.15 bits per heavy atom. The standard InChI is InChI=1S/C63H93N11O23S2/c1-31(2)21-38(64)57(90)68-39(13-16-48(65)78)47(77)24-37-29-98-27-34-8-10-35(11-9-34)28-99-30-44(60(93)71-43(22-32(3)4)62(95)74-20-6-7-45(74)63(96)97)72-58(91)41(15-19-52(84)85)67-49(79)26-66-61(94)54(33(5)75)73-55(88)36(12-17-50(80)81)23-46(76)40(14-18-51(82)83)69-59(92)42(25-53(86)87)70-56(37)89/h8-11,31-33,36-45,54,75H,6-7,12-30,64H2,1-5H3,(H2,65,78)(H,66,94)(H,67,79)(H,68,90)(H,69,92)(H,70,89)(H,71,93)(H,72,91)(H,73,88)(H,80,81)(H,82,83)(H,84,85)(H,86,87)(H,96,97)/t33-,36-,37+,38+,39+,40+,41+,42+,43+,44+,45+,54+/m1/s1. The molecule has 10 amide bonds. The number of hydrogen-bond acceptors (Lipinski definition) is 21. The number of carbonyl (C=O) groups is 17. The monoisotopic (exact) mass is 1440 g/mol. The zero-order valence-electron chi connectivity index (χ0n) is 55.8. The molecular formula is C63H93N11O23S2. The number of aliphatic hydroxyl groups is 1. The molecule has 99 heavy (non-hydrogen) atoms. The maximum atomic E-state index is 14.5. The molecule has 34 nitrogen and oxygen atoms in total. The average molecular weight is 1440 g/mol. The van der Waals surface area contributed by atoms with Gasteiger partial charge in [-0.05, 0) is 81.3 Å². The van der Waals surface area contributed by atoms with Gasteiger partial charge in [-0.25, -0.2) is 4.79 Å². The number of ketones is 2. The maximum Gasteiger partial charge on any atom is 0.326 e. The third-order valence-electron chi connectivity index (χ3n) is 15.9. The minimum atomic E-state index is -2.08. The molecule has 0 saturated carbocycles. The Morgan fingerprint density at radius 1 is 0.606 bits per heavy atom. The lowest BCUT2D eigenvalue weighted by Crippen LogP contribution is -2.59. The Hall–Kier alpha value is -8.77. The highest BCUT2D eigenvalue weighted by Gasteiger charge is 2.41. The smallest absolute Gasteiger partial charge is 0.326 e. The van der Waals surface area contributed by atoms with Crippen LogP contribution in [0.3, 0.4) is 0 Å². The van der Waals surface area contributed by atoms with E-state index in [0.717, 1.165) is 35.3 Å². The fraction of sp³-hybridized carbons (Fsp3) is 0.635. The Bertz CT molecular complexity index is 3080. The van der Waals surface area contributed by atoms with Crippen LogP contribution in [-0.2, 0) is 93.0 Å². The lowest BCUT2D eigenvalue weighted by atomic mass is 9.91. The summed E-state index contributed by atoms with van der Waals surface area (Å²) in [4.78, 5) is 228. The van der Waals surface area contributed by atoms with E-state index in [4.69, 9.17) is 11.5 Å². The Labute approximate surface area is 579 Å². The molecule has 36 heteroatoms. The van der Waals surface area contributed by atoms with E-state index in [9.17, 15) is 112 Å². The fourth-order valence-electron chi connectivity index (χ4n) is 10.6. The van der Waals surface area contributed by atoms with Gasteiger partial charge in [0, 0.05) is 74.0 Å². The van der Waals surface area contributed by atoms with Gasteiger partial charge in [0.15, 0.2) is 11.6 Å². The number of nitrogens with one attached hydrogen (secondary N) is 8.